The van der Waals surface area contributed by atoms with Crippen LogP contribution in [0.3, 0.4) is 0 Å². The molecular weight excluding hydrogens is 456 g/mol. The van der Waals surface area contributed by atoms with Crippen LogP contribution in [0.4, 0.5) is 17.6 Å². The van der Waals surface area contributed by atoms with Gasteiger partial charge in [-0.3, -0.25) is 9.59 Å². The Kier molecular flexibility index (Phi) is 6.26. The average Bonchev–Trinajstić information content (AvgIpc) is 2.70. The van der Waals surface area contributed by atoms with Gasteiger partial charge in [0.15, 0.2) is 0 Å². The number of hydrogen-bond donors (Lipinski definition) is 0. The topological polar surface area (TPSA) is 40.6 Å². The first-order valence-corrected chi connectivity index (χ1v) is 9.62. The molecule has 29 heavy (non-hydrogen) atoms. The number of benzene rings is 2. The number of carbonyl (C=O) groups excluding carboxylic acids is 2. The van der Waals surface area contributed by atoms with Crippen LogP contribution in [-0.4, -0.2) is 47.8 Å². The maximum absolute atomic E-state index is 13.3. The summed E-state index contributed by atoms with van der Waals surface area (Å²) in [6.07, 6.45) is -4.33. The molecule has 1 heterocycles. The van der Waals surface area contributed by atoms with Crippen molar-refractivity contribution in [3.63, 3.8) is 0 Å². The van der Waals surface area contributed by atoms with E-state index < -0.39 is 17.6 Å². The molecule has 1 saturated heterocycles. The second-order valence-corrected chi connectivity index (χ2v) is 7.53. The lowest BCUT2D eigenvalue weighted by Gasteiger charge is -2.35. The summed E-state index contributed by atoms with van der Waals surface area (Å²) in [4.78, 5) is 28.1. The number of amides is 2. The Balaban J connectivity index is 1.56. The van der Waals surface area contributed by atoms with Crippen LogP contribution >= 0.6 is 15.9 Å². The second kappa shape index (κ2) is 8.52. The first-order chi connectivity index (χ1) is 13.6. The predicted molar refractivity (Wildman–Crippen MR) is 102 cm³/mol. The number of carbonyl (C=O) groups is 2. The van der Waals surface area contributed by atoms with Crippen LogP contribution in [0.25, 0.3) is 0 Å². The van der Waals surface area contributed by atoms with Crippen LogP contribution in [0.5, 0.6) is 0 Å². The van der Waals surface area contributed by atoms with Crippen molar-refractivity contribution in [1.29, 1.82) is 0 Å². The fraction of sp³-hybridized carbons (Fsp3) is 0.300. The molecule has 1 aliphatic rings. The minimum Gasteiger partial charge on any atom is -0.339 e. The van der Waals surface area contributed by atoms with Crippen molar-refractivity contribution < 1.29 is 27.2 Å². The molecule has 2 amide bonds. The zero-order valence-electron chi connectivity index (χ0n) is 15.2. The highest BCUT2D eigenvalue weighted by Gasteiger charge is 2.31. The number of hydrogen-bond acceptors (Lipinski definition) is 2. The molecule has 0 atom stereocenters. The summed E-state index contributed by atoms with van der Waals surface area (Å²) in [5.41, 5.74) is 0.0392. The molecule has 154 valence electrons. The molecule has 3 rings (SSSR count). The Bertz CT molecular complexity index is 908. The molecule has 0 unspecified atom stereocenters. The van der Waals surface area contributed by atoms with Gasteiger partial charge in [-0.15, -0.1) is 0 Å². The quantitative estimate of drug-likeness (QED) is 0.630. The van der Waals surface area contributed by atoms with Gasteiger partial charge in [0.1, 0.15) is 5.82 Å². The average molecular weight is 473 g/mol. The number of nitrogens with zero attached hydrogens (tertiary/aromatic N) is 2. The van der Waals surface area contributed by atoms with Gasteiger partial charge in [-0.2, -0.15) is 13.2 Å². The Morgan fingerprint density at radius 3 is 2.07 bits per heavy atom. The molecule has 2 aromatic carbocycles. The van der Waals surface area contributed by atoms with Gasteiger partial charge >= 0.3 is 6.18 Å². The monoisotopic (exact) mass is 472 g/mol. The van der Waals surface area contributed by atoms with Crippen LogP contribution in [0.2, 0.25) is 0 Å². The molecule has 0 aromatic heterocycles. The lowest BCUT2D eigenvalue weighted by Crippen LogP contribution is -2.51. The summed E-state index contributed by atoms with van der Waals surface area (Å²) in [5.74, 6) is -0.907. The van der Waals surface area contributed by atoms with E-state index in [1.807, 2.05) is 0 Å². The van der Waals surface area contributed by atoms with Crippen molar-refractivity contribution in [2.45, 2.75) is 12.6 Å². The zero-order chi connectivity index (χ0) is 21.2. The van der Waals surface area contributed by atoms with Crippen molar-refractivity contribution in [3.8, 4) is 0 Å². The normalized spacial score (nSPS) is 14.8. The third-order valence-electron chi connectivity index (χ3n) is 4.72. The maximum Gasteiger partial charge on any atom is 0.416 e. The Labute approximate surface area is 173 Å². The van der Waals surface area contributed by atoms with Crippen molar-refractivity contribution in [3.05, 3.63) is 69.4 Å². The minimum absolute atomic E-state index is 0.117. The first kappa shape index (κ1) is 21.3. The van der Waals surface area contributed by atoms with Gasteiger partial charge in [-0.05, 0) is 57.9 Å². The highest BCUT2D eigenvalue weighted by molar-refractivity contribution is 9.10. The highest BCUT2D eigenvalue weighted by Crippen LogP contribution is 2.29. The van der Waals surface area contributed by atoms with E-state index >= 15 is 0 Å². The number of halogens is 5. The minimum atomic E-state index is -4.45. The molecule has 0 radical (unpaired) electrons. The number of piperazine rings is 1. The molecular formula is C20H17BrF4N2O2. The Morgan fingerprint density at radius 2 is 1.52 bits per heavy atom. The second-order valence-electron chi connectivity index (χ2n) is 6.67. The van der Waals surface area contributed by atoms with E-state index in [0.717, 1.165) is 24.3 Å². The van der Waals surface area contributed by atoms with Gasteiger partial charge in [-0.25, -0.2) is 4.39 Å². The van der Waals surface area contributed by atoms with Crippen molar-refractivity contribution >= 4 is 27.7 Å². The summed E-state index contributed by atoms with van der Waals surface area (Å²) >= 11 is 3.09. The zero-order valence-corrected chi connectivity index (χ0v) is 16.8. The fourth-order valence-corrected chi connectivity index (χ4v) is 3.51. The van der Waals surface area contributed by atoms with Crippen LogP contribution in [0.15, 0.2) is 46.9 Å². The molecule has 0 spiro atoms. The number of alkyl halides is 3. The summed E-state index contributed by atoms with van der Waals surface area (Å²) in [7, 11) is 0. The third-order valence-corrected chi connectivity index (χ3v) is 5.33. The molecule has 0 aliphatic carbocycles. The van der Waals surface area contributed by atoms with E-state index in [0.29, 0.717) is 31.7 Å². The SMILES string of the molecule is O=C(Cc1ccc(F)c(Br)c1)N1CCN(C(=O)c2ccc(C(F)(F)F)cc2)CC1. The van der Waals surface area contributed by atoms with Crippen LogP contribution in [0.1, 0.15) is 21.5 Å². The summed E-state index contributed by atoms with van der Waals surface area (Å²) in [6, 6.07) is 8.47. The van der Waals surface area contributed by atoms with Crippen LogP contribution in [-0.2, 0) is 17.4 Å². The summed E-state index contributed by atoms with van der Waals surface area (Å²) in [5, 5.41) is 0. The standard InChI is InChI=1S/C20H17BrF4N2O2/c21-16-11-13(1-6-17(16)22)12-18(28)26-7-9-27(10-8-26)19(29)14-2-4-15(5-3-14)20(23,24)25/h1-6,11H,7-10,12H2. The van der Waals surface area contributed by atoms with Crippen LogP contribution < -0.4 is 0 Å². The summed E-state index contributed by atoms with van der Waals surface area (Å²) < 4.78 is 51.5. The molecule has 0 N–H and O–H groups in total. The highest BCUT2D eigenvalue weighted by atomic mass is 79.9. The fourth-order valence-electron chi connectivity index (χ4n) is 3.08. The van der Waals surface area contributed by atoms with Gasteiger partial charge < -0.3 is 9.80 Å². The van der Waals surface area contributed by atoms with E-state index in [4.69, 9.17) is 0 Å². The van der Waals surface area contributed by atoms with Crippen LogP contribution in [0, 0.1) is 5.82 Å². The van der Waals surface area contributed by atoms with Gasteiger partial charge in [0.25, 0.3) is 5.91 Å². The Hall–Kier alpha value is -2.42. The lowest BCUT2D eigenvalue weighted by molar-refractivity contribution is -0.137. The third kappa shape index (κ3) is 5.14. The van der Waals surface area contributed by atoms with Crippen molar-refractivity contribution in [2.75, 3.05) is 26.2 Å². The molecule has 9 heteroatoms. The Morgan fingerprint density at radius 1 is 0.931 bits per heavy atom. The van der Waals surface area contributed by atoms with Gasteiger partial charge in [0.2, 0.25) is 5.91 Å². The van der Waals surface area contributed by atoms with E-state index in [2.05, 4.69) is 15.9 Å². The molecule has 1 fully saturated rings. The van der Waals surface area contributed by atoms with Crippen molar-refractivity contribution in [2.24, 2.45) is 0 Å². The molecule has 4 nitrogen and oxygen atoms in total. The van der Waals surface area contributed by atoms with Gasteiger partial charge in [-0.1, -0.05) is 6.07 Å². The van der Waals surface area contributed by atoms with E-state index in [1.54, 1.807) is 17.0 Å². The smallest absolute Gasteiger partial charge is 0.339 e. The summed E-state index contributed by atoms with van der Waals surface area (Å²) in [6.45, 7) is 1.23. The molecule has 0 bridgehead atoms. The van der Waals surface area contributed by atoms with E-state index in [9.17, 15) is 27.2 Å². The largest absolute Gasteiger partial charge is 0.416 e. The van der Waals surface area contributed by atoms with Crippen molar-refractivity contribution in [1.82, 2.24) is 9.80 Å². The van der Waals surface area contributed by atoms with Gasteiger partial charge in [0, 0.05) is 31.7 Å². The molecule has 0 saturated carbocycles. The number of rotatable bonds is 3. The molecule has 1 aliphatic heterocycles. The van der Waals surface area contributed by atoms with E-state index in [-0.39, 0.29) is 28.3 Å². The maximum atomic E-state index is 13.3. The first-order valence-electron chi connectivity index (χ1n) is 8.83. The lowest BCUT2D eigenvalue weighted by atomic mass is 10.1. The predicted octanol–water partition coefficient (Wildman–Crippen LogP) is 4.13. The molecule has 2 aromatic rings. The van der Waals surface area contributed by atoms with Gasteiger partial charge in [0.05, 0.1) is 16.5 Å². The van der Waals surface area contributed by atoms with E-state index in [1.165, 1.54) is 11.0 Å².